The summed E-state index contributed by atoms with van der Waals surface area (Å²) in [5, 5.41) is 10.4. The molecule has 0 unspecified atom stereocenters. The smallest absolute Gasteiger partial charge is 0.198 e. The lowest BCUT2D eigenvalue weighted by Crippen LogP contribution is -2.05. The lowest BCUT2D eigenvalue weighted by Gasteiger charge is -2.09. The van der Waals surface area contributed by atoms with Crippen LogP contribution >= 0.6 is 11.8 Å². The van der Waals surface area contributed by atoms with Crippen LogP contribution in [0.25, 0.3) is 6.08 Å². The summed E-state index contributed by atoms with van der Waals surface area (Å²) in [7, 11) is 0. The van der Waals surface area contributed by atoms with Crippen LogP contribution in [0.15, 0.2) is 47.4 Å². The van der Waals surface area contributed by atoms with Gasteiger partial charge in [-0.1, -0.05) is 36.4 Å². The summed E-state index contributed by atoms with van der Waals surface area (Å²) < 4.78 is 0. The maximum atomic E-state index is 12.7. The van der Waals surface area contributed by atoms with Gasteiger partial charge in [0.25, 0.3) is 0 Å². The van der Waals surface area contributed by atoms with E-state index < -0.39 is 0 Å². The Kier molecular flexibility index (Phi) is 3.36. The summed E-state index contributed by atoms with van der Waals surface area (Å²) in [5.41, 5.74) is 2.69. The number of ketones is 1. The number of aromatic hydroxyl groups is 1. The van der Waals surface area contributed by atoms with Crippen LogP contribution in [0, 0.1) is 0 Å². The zero-order valence-electron chi connectivity index (χ0n) is 11.1. The van der Waals surface area contributed by atoms with Crippen molar-refractivity contribution in [3.8, 4) is 5.75 Å². The predicted octanol–water partition coefficient (Wildman–Crippen LogP) is 4.26. The van der Waals surface area contributed by atoms with Crippen LogP contribution in [0.3, 0.4) is 0 Å². The molecule has 3 heteroatoms. The number of thioether (sulfide) groups is 1. The second-order valence-electron chi connectivity index (χ2n) is 4.65. The number of benzene rings is 2. The molecule has 0 fully saturated rings. The molecule has 0 amide bonds. The van der Waals surface area contributed by atoms with E-state index in [1.165, 1.54) is 0 Å². The third kappa shape index (κ3) is 2.04. The van der Waals surface area contributed by atoms with Gasteiger partial charge in [0.15, 0.2) is 5.78 Å². The molecule has 100 valence electrons. The molecule has 0 saturated heterocycles. The summed E-state index contributed by atoms with van der Waals surface area (Å²) >= 11 is 1.63. The highest BCUT2D eigenvalue weighted by molar-refractivity contribution is 7.98. The standard InChI is InChI=1S/C17H14O2S/c1-2-5-11-8-9-12-10-20-14-7-4-3-6-13(14)17(19)15(12)16(11)18/h2-9,18H,10H2,1H3. The molecule has 0 aliphatic carbocycles. The van der Waals surface area contributed by atoms with E-state index in [-0.39, 0.29) is 11.5 Å². The van der Waals surface area contributed by atoms with Crippen molar-refractivity contribution in [2.45, 2.75) is 17.6 Å². The maximum Gasteiger partial charge on any atom is 0.198 e. The van der Waals surface area contributed by atoms with Gasteiger partial charge in [-0.15, -0.1) is 11.8 Å². The van der Waals surface area contributed by atoms with Crippen LogP contribution in [0.5, 0.6) is 5.75 Å². The van der Waals surface area contributed by atoms with Gasteiger partial charge < -0.3 is 5.11 Å². The number of rotatable bonds is 1. The van der Waals surface area contributed by atoms with Crippen LogP contribution in [0.1, 0.15) is 34.0 Å². The Morgan fingerprint density at radius 1 is 1.20 bits per heavy atom. The summed E-state index contributed by atoms with van der Waals surface area (Å²) in [6, 6.07) is 11.4. The van der Waals surface area contributed by atoms with Gasteiger partial charge in [0.2, 0.25) is 0 Å². The minimum atomic E-state index is -0.0931. The van der Waals surface area contributed by atoms with Gasteiger partial charge in [0, 0.05) is 21.8 Å². The first-order chi connectivity index (χ1) is 9.72. The molecule has 3 rings (SSSR count). The van der Waals surface area contributed by atoms with Gasteiger partial charge in [0.05, 0.1) is 5.56 Å². The van der Waals surface area contributed by atoms with Crippen molar-refractivity contribution in [1.82, 2.24) is 0 Å². The summed E-state index contributed by atoms with van der Waals surface area (Å²) in [6.45, 7) is 1.89. The van der Waals surface area contributed by atoms with Crippen molar-refractivity contribution >= 4 is 23.6 Å². The Bertz CT molecular complexity index is 717. The SMILES string of the molecule is CC=Cc1ccc2c(c1O)C(=O)c1ccccc1SC2. The highest BCUT2D eigenvalue weighted by Crippen LogP contribution is 2.38. The number of phenolic OH excluding ortho intramolecular Hbond substituents is 1. The van der Waals surface area contributed by atoms with E-state index in [4.69, 9.17) is 0 Å². The molecule has 0 saturated carbocycles. The van der Waals surface area contributed by atoms with Crippen molar-refractivity contribution in [1.29, 1.82) is 0 Å². The number of hydrogen-bond acceptors (Lipinski definition) is 3. The predicted molar refractivity (Wildman–Crippen MR) is 82.3 cm³/mol. The fourth-order valence-corrected chi connectivity index (χ4v) is 3.45. The van der Waals surface area contributed by atoms with Crippen molar-refractivity contribution in [3.05, 3.63) is 64.7 Å². The van der Waals surface area contributed by atoms with Crippen molar-refractivity contribution in [2.75, 3.05) is 0 Å². The lowest BCUT2D eigenvalue weighted by molar-refractivity contribution is 0.103. The topological polar surface area (TPSA) is 37.3 Å². The molecule has 1 aliphatic heterocycles. The molecule has 2 aromatic rings. The van der Waals surface area contributed by atoms with Crippen LogP contribution in [-0.2, 0) is 5.75 Å². The molecule has 2 aromatic carbocycles. The van der Waals surface area contributed by atoms with E-state index in [2.05, 4.69) is 0 Å². The first kappa shape index (κ1) is 13.0. The van der Waals surface area contributed by atoms with E-state index in [0.717, 1.165) is 10.5 Å². The average molecular weight is 282 g/mol. The average Bonchev–Trinajstić information content (AvgIpc) is 2.61. The van der Waals surface area contributed by atoms with Crippen molar-refractivity contribution in [2.24, 2.45) is 0 Å². The molecule has 0 atom stereocenters. The molecule has 1 aliphatic rings. The number of carbonyl (C=O) groups excluding carboxylic acids is 1. The Labute approximate surface area is 122 Å². The normalized spacial score (nSPS) is 13.9. The Morgan fingerprint density at radius 2 is 2.00 bits per heavy atom. The summed E-state index contributed by atoms with van der Waals surface area (Å²) in [4.78, 5) is 13.7. The maximum absolute atomic E-state index is 12.7. The highest BCUT2D eigenvalue weighted by Gasteiger charge is 2.25. The first-order valence-corrected chi connectivity index (χ1v) is 7.45. The third-order valence-corrected chi connectivity index (χ3v) is 4.51. The first-order valence-electron chi connectivity index (χ1n) is 6.46. The Hall–Kier alpha value is -2.00. The molecular weight excluding hydrogens is 268 g/mol. The lowest BCUT2D eigenvalue weighted by atomic mass is 9.95. The molecule has 0 spiro atoms. The monoisotopic (exact) mass is 282 g/mol. The molecular formula is C17H14O2S. The van der Waals surface area contributed by atoms with Gasteiger partial charge >= 0.3 is 0 Å². The van der Waals surface area contributed by atoms with Gasteiger partial charge in [-0.2, -0.15) is 0 Å². The van der Waals surface area contributed by atoms with Gasteiger partial charge in [0.1, 0.15) is 5.75 Å². The largest absolute Gasteiger partial charge is 0.507 e. The minimum Gasteiger partial charge on any atom is -0.507 e. The molecule has 0 radical (unpaired) electrons. The van der Waals surface area contributed by atoms with E-state index in [9.17, 15) is 9.90 Å². The van der Waals surface area contributed by atoms with Crippen LogP contribution in [0.4, 0.5) is 0 Å². The van der Waals surface area contributed by atoms with Crippen molar-refractivity contribution < 1.29 is 9.90 Å². The molecule has 20 heavy (non-hydrogen) atoms. The van der Waals surface area contributed by atoms with Crippen LogP contribution < -0.4 is 0 Å². The molecule has 2 nitrogen and oxygen atoms in total. The minimum absolute atomic E-state index is 0.0860. The number of carbonyl (C=O) groups is 1. The third-order valence-electron chi connectivity index (χ3n) is 3.38. The van der Waals surface area contributed by atoms with Crippen molar-refractivity contribution in [3.63, 3.8) is 0 Å². The van der Waals surface area contributed by atoms with Crippen LogP contribution in [0.2, 0.25) is 0 Å². The van der Waals surface area contributed by atoms with E-state index in [0.29, 0.717) is 22.4 Å². The van der Waals surface area contributed by atoms with E-state index in [1.54, 1.807) is 11.8 Å². The Balaban J connectivity index is 2.23. The van der Waals surface area contributed by atoms with E-state index in [1.807, 2.05) is 55.5 Å². The quantitative estimate of drug-likeness (QED) is 0.849. The molecule has 0 bridgehead atoms. The molecule has 0 aromatic heterocycles. The fraction of sp³-hybridized carbons (Fsp3) is 0.118. The second-order valence-corrected chi connectivity index (χ2v) is 5.67. The number of fused-ring (bicyclic) bond motifs is 2. The second kappa shape index (κ2) is 5.17. The zero-order chi connectivity index (χ0) is 14.1. The number of allylic oxidation sites excluding steroid dienone is 1. The zero-order valence-corrected chi connectivity index (χ0v) is 11.9. The fourth-order valence-electron chi connectivity index (χ4n) is 2.41. The molecule has 1 heterocycles. The van der Waals surface area contributed by atoms with Gasteiger partial charge in [-0.25, -0.2) is 0 Å². The molecule has 1 N–H and O–H groups in total. The van der Waals surface area contributed by atoms with Crippen LogP contribution in [-0.4, -0.2) is 10.9 Å². The summed E-state index contributed by atoms with van der Waals surface area (Å²) in [6.07, 6.45) is 3.66. The van der Waals surface area contributed by atoms with E-state index >= 15 is 0 Å². The van der Waals surface area contributed by atoms with Gasteiger partial charge in [-0.05, 0) is 24.6 Å². The summed E-state index contributed by atoms with van der Waals surface area (Å²) in [5.74, 6) is 0.689. The number of phenols is 1. The Morgan fingerprint density at radius 3 is 2.80 bits per heavy atom. The number of hydrogen-bond donors (Lipinski definition) is 1. The highest BCUT2D eigenvalue weighted by atomic mass is 32.2. The van der Waals surface area contributed by atoms with Gasteiger partial charge in [-0.3, -0.25) is 4.79 Å².